The summed E-state index contributed by atoms with van der Waals surface area (Å²) in [6, 6.07) is 17.9. The highest BCUT2D eigenvalue weighted by Gasteiger charge is 2.41. The number of aromatic carboxylic acids is 2. The number of rotatable bonds is 7. The second-order valence-corrected chi connectivity index (χ2v) is 8.57. The van der Waals surface area contributed by atoms with Gasteiger partial charge in [0.05, 0.1) is 35.1 Å². The fourth-order valence-electron chi connectivity index (χ4n) is 4.23. The molecule has 5 rings (SSSR count). The molecular weight excluding hydrogens is 480 g/mol. The van der Waals surface area contributed by atoms with Gasteiger partial charge in [0, 0.05) is 18.0 Å². The van der Waals surface area contributed by atoms with E-state index in [2.05, 4.69) is 15.3 Å². The lowest BCUT2D eigenvalue weighted by molar-refractivity contribution is 0.0696. The molecule has 9 nitrogen and oxygen atoms in total. The minimum absolute atomic E-state index is 0.144. The molecule has 1 saturated heterocycles. The van der Waals surface area contributed by atoms with Crippen molar-refractivity contribution >= 4 is 29.3 Å². The molecule has 2 atom stereocenters. The average Bonchev–Trinajstić information content (AvgIpc) is 3.50. The van der Waals surface area contributed by atoms with E-state index in [-0.39, 0.29) is 23.2 Å². The van der Waals surface area contributed by atoms with Gasteiger partial charge in [0.2, 0.25) is 0 Å². The monoisotopic (exact) mass is 500 g/mol. The fourth-order valence-corrected chi connectivity index (χ4v) is 4.54. The summed E-state index contributed by atoms with van der Waals surface area (Å²) in [5.74, 6) is -1.56. The lowest BCUT2D eigenvalue weighted by atomic mass is 10.0. The van der Waals surface area contributed by atoms with Crippen LogP contribution < -0.4 is 5.32 Å². The van der Waals surface area contributed by atoms with Gasteiger partial charge in [0.1, 0.15) is 17.6 Å². The molecule has 0 aliphatic carbocycles. The summed E-state index contributed by atoms with van der Waals surface area (Å²) in [5, 5.41) is 22.7. The predicted octanol–water partition coefficient (Wildman–Crippen LogP) is 4.31. The van der Waals surface area contributed by atoms with E-state index in [0.717, 1.165) is 17.5 Å². The van der Waals surface area contributed by atoms with Gasteiger partial charge in [-0.2, -0.15) is 0 Å². The van der Waals surface area contributed by atoms with Crippen molar-refractivity contribution in [1.82, 2.24) is 20.2 Å². The van der Waals surface area contributed by atoms with Crippen LogP contribution in [0.4, 0.5) is 0 Å². The molecule has 1 fully saturated rings. The zero-order valence-electron chi connectivity index (χ0n) is 18.7. The van der Waals surface area contributed by atoms with Gasteiger partial charge in [-0.15, -0.1) is 0 Å². The Labute approximate surface area is 211 Å². The highest BCUT2D eigenvalue weighted by atomic mass is 32.1. The molecule has 36 heavy (non-hydrogen) atoms. The molecule has 0 spiro atoms. The van der Waals surface area contributed by atoms with E-state index in [1.54, 1.807) is 24.5 Å². The number of nitrogens with zero attached hydrogens (tertiary/aromatic N) is 3. The van der Waals surface area contributed by atoms with Crippen LogP contribution >= 0.6 is 12.2 Å². The first-order valence-corrected chi connectivity index (χ1v) is 11.4. The summed E-state index contributed by atoms with van der Waals surface area (Å²) in [4.78, 5) is 34.0. The quantitative estimate of drug-likeness (QED) is 0.316. The summed E-state index contributed by atoms with van der Waals surface area (Å²) in [6.45, 7) is 0.425. The Morgan fingerprint density at radius 2 is 1.64 bits per heavy atom. The van der Waals surface area contributed by atoms with Crippen LogP contribution in [0.25, 0.3) is 11.3 Å². The van der Waals surface area contributed by atoms with Crippen molar-refractivity contribution in [3.8, 4) is 11.3 Å². The van der Waals surface area contributed by atoms with Gasteiger partial charge in [0.25, 0.3) is 0 Å². The topological polar surface area (TPSA) is 129 Å². The molecule has 1 aromatic carbocycles. The standard InChI is InChI=1S/C26H20N4O5S/c31-24(32)16-11-15(12-17(13-16)25(33)34)20-7-8-21(35-20)23-22(19-6-2-4-10-28-19)29-26(36)30(23)14-18-5-1-3-9-27-18/h1-13,22-23H,14H2,(H,29,36)(H,31,32)(H,33,34). The maximum atomic E-state index is 11.6. The van der Waals surface area contributed by atoms with Crippen LogP contribution in [-0.4, -0.2) is 42.1 Å². The van der Waals surface area contributed by atoms with Crippen molar-refractivity contribution in [2.75, 3.05) is 0 Å². The van der Waals surface area contributed by atoms with Crippen molar-refractivity contribution in [2.45, 2.75) is 18.6 Å². The number of carboxylic acid groups (broad SMARTS) is 2. The molecule has 0 saturated carbocycles. The number of aromatic nitrogens is 2. The Bertz CT molecular complexity index is 1410. The molecule has 1 aliphatic heterocycles. The first-order chi connectivity index (χ1) is 17.4. The maximum absolute atomic E-state index is 11.6. The van der Waals surface area contributed by atoms with Crippen LogP contribution in [0.5, 0.6) is 0 Å². The van der Waals surface area contributed by atoms with E-state index in [0.29, 0.717) is 28.7 Å². The van der Waals surface area contributed by atoms with Crippen molar-refractivity contribution in [3.05, 3.63) is 107 Å². The molecule has 3 aromatic heterocycles. The van der Waals surface area contributed by atoms with Crippen molar-refractivity contribution in [1.29, 1.82) is 0 Å². The lowest BCUT2D eigenvalue weighted by Gasteiger charge is -2.25. The van der Waals surface area contributed by atoms with Gasteiger partial charge >= 0.3 is 11.9 Å². The number of thiocarbonyl (C=S) groups is 1. The van der Waals surface area contributed by atoms with Crippen LogP contribution in [0.1, 0.15) is 49.9 Å². The van der Waals surface area contributed by atoms with E-state index >= 15 is 0 Å². The third-order valence-electron chi connectivity index (χ3n) is 5.89. The number of hydrogen-bond donors (Lipinski definition) is 3. The van der Waals surface area contributed by atoms with Crippen LogP contribution in [0.15, 0.2) is 83.5 Å². The molecule has 10 heteroatoms. The summed E-state index contributed by atoms with van der Waals surface area (Å²) in [6.07, 6.45) is 3.42. The zero-order chi connectivity index (χ0) is 25.2. The smallest absolute Gasteiger partial charge is 0.335 e. The first kappa shape index (κ1) is 23.2. The second kappa shape index (κ2) is 9.59. The number of pyridine rings is 2. The van der Waals surface area contributed by atoms with E-state index < -0.39 is 11.9 Å². The van der Waals surface area contributed by atoms with Crippen molar-refractivity contribution in [3.63, 3.8) is 0 Å². The highest BCUT2D eigenvalue weighted by molar-refractivity contribution is 7.80. The minimum atomic E-state index is -1.23. The Morgan fingerprint density at radius 1 is 0.944 bits per heavy atom. The summed E-state index contributed by atoms with van der Waals surface area (Å²) in [5.41, 5.74) is 1.65. The number of furan rings is 1. The second-order valence-electron chi connectivity index (χ2n) is 8.19. The average molecular weight is 501 g/mol. The van der Waals surface area contributed by atoms with Crippen LogP contribution in [-0.2, 0) is 6.54 Å². The largest absolute Gasteiger partial charge is 0.478 e. The molecule has 0 bridgehead atoms. The Balaban J connectivity index is 1.56. The van der Waals surface area contributed by atoms with Gasteiger partial charge in [0.15, 0.2) is 5.11 Å². The first-order valence-electron chi connectivity index (χ1n) is 11.0. The number of carbonyl (C=O) groups is 2. The Morgan fingerprint density at radius 3 is 2.25 bits per heavy atom. The van der Waals surface area contributed by atoms with Crippen molar-refractivity contribution < 1.29 is 24.2 Å². The number of carboxylic acids is 2. The molecule has 180 valence electrons. The predicted molar refractivity (Wildman–Crippen MR) is 133 cm³/mol. The normalized spacial score (nSPS) is 17.1. The fraction of sp³-hybridized carbons (Fsp3) is 0.115. The van der Waals surface area contributed by atoms with Gasteiger partial charge < -0.3 is 24.8 Å². The molecule has 0 amide bonds. The number of nitrogens with one attached hydrogen (secondary N) is 1. The Hall–Kier alpha value is -4.57. The van der Waals surface area contributed by atoms with Crippen LogP contribution in [0.2, 0.25) is 0 Å². The number of benzene rings is 1. The van der Waals surface area contributed by atoms with E-state index in [1.807, 2.05) is 41.3 Å². The van der Waals surface area contributed by atoms with Gasteiger partial charge in [-0.1, -0.05) is 12.1 Å². The molecule has 4 heterocycles. The van der Waals surface area contributed by atoms with Crippen LogP contribution in [0, 0.1) is 0 Å². The molecular formula is C26H20N4O5S. The van der Waals surface area contributed by atoms with Gasteiger partial charge in [-0.3, -0.25) is 9.97 Å². The number of hydrogen-bond acceptors (Lipinski definition) is 6. The third kappa shape index (κ3) is 4.53. The van der Waals surface area contributed by atoms with Gasteiger partial charge in [-0.25, -0.2) is 9.59 Å². The maximum Gasteiger partial charge on any atom is 0.335 e. The summed E-state index contributed by atoms with van der Waals surface area (Å²) < 4.78 is 6.22. The molecule has 3 N–H and O–H groups in total. The minimum Gasteiger partial charge on any atom is -0.478 e. The van der Waals surface area contributed by atoms with Crippen LogP contribution in [0.3, 0.4) is 0 Å². The van der Waals surface area contributed by atoms with E-state index in [1.165, 1.54) is 12.1 Å². The molecule has 2 unspecified atom stereocenters. The van der Waals surface area contributed by atoms with E-state index in [4.69, 9.17) is 16.6 Å². The molecule has 0 radical (unpaired) electrons. The third-order valence-corrected chi connectivity index (χ3v) is 6.24. The summed E-state index contributed by atoms with van der Waals surface area (Å²) in [7, 11) is 0. The summed E-state index contributed by atoms with van der Waals surface area (Å²) >= 11 is 5.67. The van der Waals surface area contributed by atoms with Crippen molar-refractivity contribution in [2.24, 2.45) is 0 Å². The van der Waals surface area contributed by atoms with E-state index in [9.17, 15) is 19.8 Å². The SMILES string of the molecule is O=C(O)c1cc(C(=O)O)cc(-c2ccc(C3C(c4ccccn4)NC(=S)N3Cc3ccccn3)o2)c1. The molecule has 4 aromatic rings. The Kier molecular flexibility index (Phi) is 6.17. The zero-order valence-corrected chi connectivity index (χ0v) is 19.6. The highest BCUT2D eigenvalue weighted by Crippen LogP contribution is 2.41. The van der Waals surface area contributed by atoms with Gasteiger partial charge in [-0.05, 0) is 66.8 Å². The molecule has 1 aliphatic rings. The lowest BCUT2D eigenvalue weighted by Crippen LogP contribution is -2.29.